The van der Waals surface area contributed by atoms with Gasteiger partial charge in [0.15, 0.2) is 0 Å². The molecule has 0 heterocycles. The van der Waals surface area contributed by atoms with Gasteiger partial charge < -0.3 is 10.1 Å². The van der Waals surface area contributed by atoms with Crippen molar-refractivity contribution in [1.29, 1.82) is 0 Å². The van der Waals surface area contributed by atoms with E-state index in [9.17, 15) is 18.0 Å². The number of carbonyl (C=O) groups excluding carboxylic acids is 1. The zero-order chi connectivity index (χ0) is 14.5. The Bertz CT molecular complexity index is 432. The molecule has 1 N–H and O–H groups in total. The van der Waals surface area contributed by atoms with Gasteiger partial charge in [-0.2, -0.15) is 13.2 Å². The van der Waals surface area contributed by atoms with Crippen LogP contribution in [-0.2, 0) is 22.3 Å². The highest BCUT2D eigenvalue weighted by molar-refractivity contribution is 5.75. The summed E-state index contributed by atoms with van der Waals surface area (Å²) in [6, 6.07) is 4.49. The van der Waals surface area contributed by atoms with Gasteiger partial charge >= 0.3 is 12.1 Å². The molecular weight excluding hydrogens is 259 g/mol. The number of methoxy groups -OCH3 is 1. The summed E-state index contributed by atoms with van der Waals surface area (Å²) in [4.78, 5) is 11.3. The van der Waals surface area contributed by atoms with Gasteiger partial charge in [0.25, 0.3) is 0 Å². The fourth-order valence-corrected chi connectivity index (χ4v) is 1.64. The number of ether oxygens (including phenoxy) is 1. The Labute approximate surface area is 109 Å². The molecule has 0 aliphatic carbocycles. The van der Waals surface area contributed by atoms with Crippen molar-refractivity contribution in [2.45, 2.75) is 32.1 Å². The lowest BCUT2D eigenvalue weighted by molar-refractivity contribution is -0.143. The maximum atomic E-state index is 12.5. The molecule has 1 aromatic rings. The molecule has 0 aliphatic heterocycles. The van der Waals surface area contributed by atoms with E-state index >= 15 is 0 Å². The SMILES string of the molecule is CCC(NCc1cccc(C(F)(F)F)c1)C(=O)OC. The van der Waals surface area contributed by atoms with Crippen molar-refractivity contribution in [3.63, 3.8) is 0 Å². The Morgan fingerprint density at radius 1 is 1.42 bits per heavy atom. The summed E-state index contributed by atoms with van der Waals surface area (Å²) in [6.07, 6.45) is -3.85. The number of alkyl halides is 3. The molecule has 0 amide bonds. The zero-order valence-corrected chi connectivity index (χ0v) is 10.8. The molecule has 3 nitrogen and oxygen atoms in total. The Morgan fingerprint density at radius 3 is 2.63 bits per heavy atom. The average molecular weight is 275 g/mol. The summed E-state index contributed by atoms with van der Waals surface area (Å²) in [5.74, 6) is -0.422. The highest BCUT2D eigenvalue weighted by atomic mass is 19.4. The Kier molecular flexibility index (Phi) is 5.35. The van der Waals surface area contributed by atoms with Gasteiger partial charge in [-0.15, -0.1) is 0 Å². The molecule has 1 atom stereocenters. The Hall–Kier alpha value is -1.56. The molecular formula is C13H16F3NO2. The van der Waals surface area contributed by atoms with Crippen LogP contribution >= 0.6 is 0 Å². The number of rotatable bonds is 5. The van der Waals surface area contributed by atoms with Crippen molar-refractivity contribution >= 4 is 5.97 Å². The smallest absolute Gasteiger partial charge is 0.416 e. The number of carbonyl (C=O) groups is 1. The molecule has 0 spiro atoms. The van der Waals surface area contributed by atoms with E-state index in [0.717, 1.165) is 12.1 Å². The van der Waals surface area contributed by atoms with Crippen LogP contribution in [0.15, 0.2) is 24.3 Å². The summed E-state index contributed by atoms with van der Waals surface area (Å²) in [5, 5.41) is 2.87. The Balaban J connectivity index is 2.70. The molecule has 0 aromatic heterocycles. The van der Waals surface area contributed by atoms with Crippen molar-refractivity contribution < 1.29 is 22.7 Å². The third kappa shape index (κ3) is 4.55. The Morgan fingerprint density at radius 2 is 2.11 bits per heavy atom. The van der Waals surface area contributed by atoms with Crippen molar-refractivity contribution in [1.82, 2.24) is 5.32 Å². The number of esters is 1. The van der Waals surface area contributed by atoms with Crippen LogP contribution < -0.4 is 5.32 Å². The average Bonchev–Trinajstić information content (AvgIpc) is 2.38. The first-order chi connectivity index (χ1) is 8.88. The summed E-state index contributed by atoms with van der Waals surface area (Å²) in [5.41, 5.74) is -0.227. The van der Waals surface area contributed by atoms with Gasteiger partial charge in [-0.05, 0) is 18.1 Å². The number of hydrogen-bond acceptors (Lipinski definition) is 3. The van der Waals surface area contributed by atoms with E-state index in [1.54, 1.807) is 13.0 Å². The van der Waals surface area contributed by atoms with Gasteiger partial charge in [0, 0.05) is 6.54 Å². The van der Waals surface area contributed by atoms with E-state index < -0.39 is 23.8 Å². The van der Waals surface area contributed by atoms with Crippen molar-refractivity contribution in [3.8, 4) is 0 Å². The fourth-order valence-electron chi connectivity index (χ4n) is 1.64. The molecule has 0 fully saturated rings. The molecule has 0 saturated carbocycles. The normalized spacial score (nSPS) is 13.1. The van der Waals surface area contributed by atoms with Gasteiger partial charge in [0.2, 0.25) is 0 Å². The van der Waals surface area contributed by atoms with Crippen LogP contribution in [0, 0.1) is 0 Å². The number of benzene rings is 1. The molecule has 0 saturated heterocycles. The molecule has 6 heteroatoms. The summed E-state index contributed by atoms with van der Waals surface area (Å²) in [6.45, 7) is 1.97. The van der Waals surface area contributed by atoms with E-state index in [1.807, 2.05) is 0 Å². The second-order valence-corrected chi connectivity index (χ2v) is 4.06. The van der Waals surface area contributed by atoms with Crippen molar-refractivity contribution in [2.75, 3.05) is 7.11 Å². The topological polar surface area (TPSA) is 38.3 Å². The summed E-state index contributed by atoms with van der Waals surface area (Å²) < 4.78 is 42.2. The van der Waals surface area contributed by atoms with E-state index in [-0.39, 0.29) is 6.54 Å². The van der Waals surface area contributed by atoms with Crippen LogP contribution in [0.4, 0.5) is 13.2 Å². The second-order valence-electron chi connectivity index (χ2n) is 4.06. The van der Waals surface area contributed by atoms with Crippen LogP contribution in [0.1, 0.15) is 24.5 Å². The molecule has 1 aromatic carbocycles. The number of halogens is 3. The monoisotopic (exact) mass is 275 g/mol. The minimum absolute atomic E-state index is 0.178. The molecule has 19 heavy (non-hydrogen) atoms. The highest BCUT2D eigenvalue weighted by Crippen LogP contribution is 2.29. The van der Waals surface area contributed by atoms with E-state index in [4.69, 9.17) is 0 Å². The van der Waals surface area contributed by atoms with Gasteiger partial charge in [0.1, 0.15) is 6.04 Å². The van der Waals surface area contributed by atoms with Crippen molar-refractivity contribution in [3.05, 3.63) is 35.4 Å². The molecule has 1 unspecified atom stereocenters. The summed E-state index contributed by atoms with van der Waals surface area (Å²) in [7, 11) is 1.27. The number of hydrogen-bond donors (Lipinski definition) is 1. The van der Waals surface area contributed by atoms with E-state index in [1.165, 1.54) is 13.2 Å². The van der Waals surface area contributed by atoms with Gasteiger partial charge in [0.05, 0.1) is 12.7 Å². The van der Waals surface area contributed by atoms with Crippen molar-refractivity contribution in [2.24, 2.45) is 0 Å². The zero-order valence-electron chi connectivity index (χ0n) is 10.8. The minimum atomic E-state index is -4.36. The second kappa shape index (κ2) is 6.56. The molecule has 106 valence electrons. The standard InChI is InChI=1S/C13H16F3NO2/c1-3-11(12(18)19-2)17-8-9-5-4-6-10(7-9)13(14,15)16/h4-7,11,17H,3,8H2,1-2H3. The maximum Gasteiger partial charge on any atom is 0.416 e. The van der Waals surface area contributed by atoms with Crippen LogP contribution in [0.3, 0.4) is 0 Å². The molecule has 0 bridgehead atoms. The van der Waals surface area contributed by atoms with Crippen LogP contribution in [0.25, 0.3) is 0 Å². The lowest BCUT2D eigenvalue weighted by Gasteiger charge is -2.15. The van der Waals surface area contributed by atoms with Crippen LogP contribution in [-0.4, -0.2) is 19.1 Å². The first-order valence-corrected chi connectivity index (χ1v) is 5.85. The largest absolute Gasteiger partial charge is 0.468 e. The highest BCUT2D eigenvalue weighted by Gasteiger charge is 2.30. The molecule has 0 radical (unpaired) electrons. The van der Waals surface area contributed by atoms with E-state index in [2.05, 4.69) is 10.1 Å². The van der Waals surface area contributed by atoms with Gasteiger partial charge in [-0.25, -0.2) is 0 Å². The lowest BCUT2D eigenvalue weighted by atomic mass is 10.1. The third-order valence-electron chi connectivity index (χ3n) is 2.70. The first kappa shape index (κ1) is 15.5. The molecule has 1 rings (SSSR count). The van der Waals surface area contributed by atoms with Gasteiger partial charge in [-0.1, -0.05) is 25.1 Å². The lowest BCUT2D eigenvalue weighted by Crippen LogP contribution is -2.36. The van der Waals surface area contributed by atoms with Crippen LogP contribution in [0.2, 0.25) is 0 Å². The quantitative estimate of drug-likeness (QED) is 0.840. The number of nitrogens with one attached hydrogen (secondary N) is 1. The first-order valence-electron chi connectivity index (χ1n) is 5.85. The maximum absolute atomic E-state index is 12.5. The predicted octanol–water partition coefficient (Wildman–Crippen LogP) is 2.75. The van der Waals surface area contributed by atoms with E-state index in [0.29, 0.717) is 12.0 Å². The molecule has 0 aliphatic rings. The fraction of sp³-hybridized carbons (Fsp3) is 0.462. The van der Waals surface area contributed by atoms with Crippen LogP contribution in [0.5, 0.6) is 0 Å². The predicted molar refractivity (Wildman–Crippen MR) is 64.4 cm³/mol. The summed E-state index contributed by atoms with van der Waals surface area (Å²) >= 11 is 0. The minimum Gasteiger partial charge on any atom is -0.468 e. The van der Waals surface area contributed by atoms with Gasteiger partial charge in [-0.3, -0.25) is 4.79 Å². The third-order valence-corrected chi connectivity index (χ3v) is 2.70.